The summed E-state index contributed by atoms with van der Waals surface area (Å²) in [6.45, 7) is 7.13. The van der Waals surface area contributed by atoms with Gasteiger partial charge in [-0.15, -0.1) is 0 Å². The van der Waals surface area contributed by atoms with Gasteiger partial charge in [0.1, 0.15) is 6.29 Å². The van der Waals surface area contributed by atoms with Crippen LogP contribution in [0, 0.1) is 11.8 Å². The van der Waals surface area contributed by atoms with Crippen LogP contribution in [0.2, 0.25) is 0 Å². The van der Waals surface area contributed by atoms with E-state index >= 15 is 0 Å². The van der Waals surface area contributed by atoms with Gasteiger partial charge in [-0.25, -0.2) is 0 Å². The van der Waals surface area contributed by atoms with E-state index in [1.165, 1.54) is 84.6 Å². The lowest BCUT2D eigenvalue weighted by Gasteiger charge is -2.20. The second-order valence-electron chi connectivity index (χ2n) is 6.51. The minimum atomic E-state index is 0.333. The van der Waals surface area contributed by atoms with E-state index in [1.54, 1.807) is 0 Å². The maximum Gasteiger partial charge on any atom is 0.123 e. The molecule has 3 N–H and O–H groups in total. The fraction of sp³-hybridized carbons (Fsp3) is 0.944. The largest absolute Gasteiger partial charge is 0.333 e. The summed E-state index contributed by atoms with van der Waals surface area (Å²) < 4.78 is 0. The molecule has 0 radical (unpaired) electrons. The molecule has 22 heavy (non-hydrogen) atoms. The third-order valence-corrected chi connectivity index (χ3v) is 4.37. The van der Waals surface area contributed by atoms with Crippen molar-refractivity contribution in [3.8, 4) is 0 Å². The van der Waals surface area contributed by atoms with Crippen LogP contribution in [0.1, 0.15) is 58.3 Å². The average molecular weight is 314 g/mol. The number of rotatable bonds is 2. The Morgan fingerprint density at radius 3 is 1.68 bits per heavy atom. The Kier molecular flexibility index (Phi) is 15.1. The minimum absolute atomic E-state index is 0.333. The SMILES string of the molecule is C1CCNCC1.CN.CN1CCCCC1.C[C@@H](C=O)C1CC1. The van der Waals surface area contributed by atoms with Gasteiger partial charge in [-0.2, -0.15) is 0 Å². The summed E-state index contributed by atoms with van der Waals surface area (Å²) in [4.78, 5) is 12.4. The standard InChI is InChI=1S/C6H13N.C6H10O.C5H11N.CH5N/c1-7-5-3-2-4-6-7;1-5(4-7)6-2-3-6;1-2-4-6-5-3-1;1-2/h2-6H2,1H3;4-6H,2-3H2,1H3;6H,1-5H2;2H2,1H3/t;5-;;/m.0../s1. The number of piperidine rings is 2. The first-order valence-electron chi connectivity index (χ1n) is 9.16. The summed E-state index contributed by atoms with van der Waals surface area (Å²) in [6, 6.07) is 0. The number of carbonyl (C=O) groups excluding carboxylic acids is 1. The van der Waals surface area contributed by atoms with Crippen LogP contribution >= 0.6 is 0 Å². The van der Waals surface area contributed by atoms with Gasteiger partial charge in [-0.05, 0) is 84.7 Å². The fourth-order valence-corrected chi connectivity index (χ4v) is 2.59. The number of nitrogens with one attached hydrogen (secondary N) is 1. The molecule has 2 heterocycles. The minimum Gasteiger partial charge on any atom is -0.333 e. The molecular formula is C18H39N3O. The summed E-state index contributed by atoms with van der Waals surface area (Å²) in [5.74, 6) is 1.08. The number of aldehydes is 1. The zero-order valence-electron chi connectivity index (χ0n) is 15.2. The molecule has 0 bridgehead atoms. The predicted molar refractivity (Wildman–Crippen MR) is 96.1 cm³/mol. The summed E-state index contributed by atoms with van der Waals surface area (Å²) in [5.41, 5.74) is 4.50. The van der Waals surface area contributed by atoms with Crippen LogP contribution in [-0.2, 0) is 4.79 Å². The molecule has 4 nitrogen and oxygen atoms in total. The number of hydrogen-bond donors (Lipinski definition) is 2. The first-order chi connectivity index (χ1) is 10.7. The second kappa shape index (κ2) is 15.4. The number of likely N-dealkylation sites (tertiary alicyclic amines) is 1. The molecule has 2 saturated heterocycles. The highest BCUT2D eigenvalue weighted by atomic mass is 16.1. The van der Waals surface area contributed by atoms with Crippen LogP contribution in [-0.4, -0.2) is 51.5 Å². The molecule has 1 atom stereocenters. The van der Waals surface area contributed by atoms with Gasteiger partial charge >= 0.3 is 0 Å². The Morgan fingerprint density at radius 2 is 1.50 bits per heavy atom. The first kappa shape index (κ1) is 21.6. The molecule has 3 aliphatic rings. The van der Waals surface area contributed by atoms with Crippen molar-refractivity contribution < 1.29 is 4.79 Å². The Hall–Kier alpha value is -0.450. The van der Waals surface area contributed by atoms with Gasteiger partial charge < -0.3 is 20.7 Å². The zero-order chi connectivity index (χ0) is 16.6. The Morgan fingerprint density at radius 1 is 1.00 bits per heavy atom. The molecular weight excluding hydrogens is 274 g/mol. The molecule has 0 aromatic rings. The van der Waals surface area contributed by atoms with E-state index in [0.29, 0.717) is 5.92 Å². The normalized spacial score (nSPS) is 22.5. The summed E-state index contributed by atoms with van der Waals surface area (Å²) in [6.07, 6.45) is 12.1. The zero-order valence-corrected chi connectivity index (χ0v) is 15.2. The lowest BCUT2D eigenvalue weighted by molar-refractivity contribution is -0.111. The van der Waals surface area contributed by atoms with E-state index in [4.69, 9.17) is 0 Å². The Balaban J connectivity index is 0.000000285. The molecule has 1 saturated carbocycles. The van der Waals surface area contributed by atoms with Gasteiger partial charge in [-0.3, -0.25) is 0 Å². The highest BCUT2D eigenvalue weighted by Crippen LogP contribution is 2.35. The van der Waals surface area contributed by atoms with Crippen molar-refractivity contribution in [2.75, 3.05) is 40.3 Å². The number of carbonyl (C=O) groups is 1. The van der Waals surface area contributed by atoms with Crippen molar-refractivity contribution in [3.63, 3.8) is 0 Å². The van der Waals surface area contributed by atoms with Crippen molar-refractivity contribution in [3.05, 3.63) is 0 Å². The molecule has 0 unspecified atom stereocenters. The Bertz CT molecular complexity index is 223. The summed E-state index contributed by atoms with van der Waals surface area (Å²) in [7, 11) is 3.69. The maximum atomic E-state index is 9.99. The Labute approximate surface area is 138 Å². The summed E-state index contributed by atoms with van der Waals surface area (Å²) >= 11 is 0. The smallest absolute Gasteiger partial charge is 0.123 e. The molecule has 2 aliphatic heterocycles. The monoisotopic (exact) mass is 313 g/mol. The average Bonchev–Trinajstić information content (AvgIpc) is 3.44. The van der Waals surface area contributed by atoms with Crippen molar-refractivity contribution in [2.24, 2.45) is 17.6 Å². The third kappa shape index (κ3) is 13.2. The van der Waals surface area contributed by atoms with Gasteiger partial charge in [0.15, 0.2) is 0 Å². The van der Waals surface area contributed by atoms with Crippen LogP contribution < -0.4 is 11.1 Å². The fourth-order valence-electron chi connectivity index (χ4n) is 2.59. The number of nitrogens with two attached hydrogens (primary N) is 1. The lowest BCUT2D eigenvalue weighted by atomic mass is 10.1. The number of hydrogen-bond acceptors (Lipinski definition) is 4. The molecule has 3 rings (SSSR count). The molecule has 0 spiro atoms. The predicted octanol–water partition coefficient (Wildman–Crippen LogP) is 2.67. The molecule has 3 fully saturated rings. The van der Waals surface area contributed by atoms with Crippen LogP contribution in [0.3, 0.4) is 0 Å². The van der Waals surface area contributed by atoms with E-state index in [-0.39, 0.29) is 0 Å². The quantitative estimate of drug-likeness (QED) is 0.770. The van der Waals surface area contributed by atoms with Crippen molar-refractivity contribution in [1.29, 1.82) is 0 Å². The maximum absolute atomic E-state index is 9.99. The third-order valence-electron chi connectivity index (χ3n) is 4.37. The van der Waals surface area contributed by atoms with E-state index in [2.05, 4.69) is 23.0 Å². The van der Waals surface area contributed by atoms with Crippen LogP contribution in [0.15, 0.2) is 0 Å². The van der Waals surface area contributed by atoms with Gasteiger partial charge in [0, 0.05) is 5.92 Å². The molecule has 132 valence electrons. The van der Waals surface area contributed by atoms with E-state index < -0.39 is 0 Å². The van der Waals surface area contributed by atoms with E-state index in [0.717, 1.165) is 12.2 Å². The number of nitrogens with zero attached hydrogens (tertiary/aromatic N) is 1. The molecule has 0 aromatic carbocycles. The molecule has 1 aliphatic carbocycles. The molecule has 0 amide bonds. The summed E-state index contributed by atoms with van der Waals surface area (Å²) in [5, 5.41) is 3.28. The topological polar surface area (TPSA) is 58.4 Å². The molecule has 0 aromatic heterocycles. The van der Waals surface area contributed by atoms with Crippen molar-refractivity contribution in [2.45, 2.75) is 58.3 Å². The van der Waals surface area contributed by atoms with E-state index in [1.807, 2.05) is 6.92 Å². The van der Waals surface area contributed by atoms with Gasteiger partial charge in [-0.1, -0.05) is 19.8 Å². The van der Waals surface area contributed by atoms with Crippen molar-refractivity contribution >= 4 is 6.29 Å². The highest BCUT2D eigenvalue weighted by Gasteiger charge is 2.26. The first-order valence-corrected chi connectivity index (χ1v) is 9.16. The highest BCUT2D eigenvalue weighted by molar-refractivity contribution is 5.53. The lowest BCUT2D eigenvalue weighted by Crippen LogP contribution is -2.24. The van der Waals surface area contributed by atoms with Gasteiger partial charge in [0.2, 0.25) is 0 Å². The van der Waals surface area contributed by atoms with Crippen LogP contribution in [0.5, 0.6) is 0 Å². The van der Waals surface area contributed by atoms with Gasteiger partial charge in [0.05, 0.1) is 0 Å². The second-order valence-corrected chi connectivity index (χ2v) is 6.51. The van der Waals surface area contributed by atoms with Gasteiger partial charge in [0.25, 0.3) is 0 Å². The van der Waals surface area contributed by atoms with Crippen LogP contribution in [0.4, 0.5) is 0 Å². The van der Waals surface area contributed by atoms with E-state index in [9.17, 15) is 4.79 Å². The van der Waals surface area contributed by atoms with Crippen LogP contribution in [0.25, 0.3) is 0 Å². The molecule has 4 heteroatoms. The van der Waals surface area contributed by atoms with Crippen molar-refractivity contribution in [1.82, 2.24) is 10.2 Å².